The monoisotopic (exact) mass is 308 g/mol. The molecule has 0 unspecified atom stereocenters. The zero-order valence-corrected chi connectivity index (χ0v) is 14.0. The summed E-state index contributed by atoms with van der Waals surface area (Å²) in [6.07, 6.45) is 1.96. The molecular weight excluding hydrogens is 288 g/mol. The minimum atomic E-state index is 0.865. The number of aromatic nitrogens is 3. The lowest BCUT2D eigenvalue weighted by molar-refractivity contribution is 0.802. The largest absolute Gasteiger partial charge is 0.370 e. The second-order valence-electron chi connectivity index (χ2n) is 4.56. The Bertz CT molecular complexity index is 581. The SMILES string of the molecule is CCCc1nc(NCC)c(C)c(Sc2nc(C)cs2)n1. The maximum atomic E-state index is 4.69. The van der Waals surface area contributed by atoms with Crippen molar-refractivity contribution in [3.05, 3.63) is 22.5 Å². The van der Waals surface area contributed by atoms with E-state index in [4.69, 9.17) is 0 Å². The molecule has 0 saturated carbocycles. The Morgan fingerprint density at radius 1 is 1.20 bits per heavy atom. The summed E-state index contributed by atoms with van der Waals surface area (Å²) < 4.78 is 1.04. The van der Waals surface area contributed by atoms with Gasteiger partial charge in [-0.2, -0.15) is 0 Å². The molecule has 0 saturated heterocycles. The molecule has 20 heavy (non-hydrogen) atoms. The molecule has 6 heteroatoms. The van der Waals surface area contributed by atoms with Crippen LogP contribution in [0.1, 0.15) is 37.4 Å². The average molecular weight is 308 g/mol. The van der Waals surface area contributed by atoms with Crippen LogP contribution in [-0.4, -0.2) is 21.5 Å². The minimum absolute atomic E-state index is 0.865. The van der Waals surface area contributed by atoms with Gasteiger partial charge in [0.2, 0.25) is 0 Å². The predicted octanol–water partition coefficient (Wildman–Crippen LogP) is 4.09. The number of rotatable bonds is 6. The molecule has 0 aromatic carbocycles. The first-order valence-corrected chi connectivity index (χ1v) is 8.55. The van der Waals surface area contributed by atoms with Gasteiger partial charge in [-0.25, -0.2) is 15.0 Å². The highest BCUT2D eigenvalue weighted by atomic mass is 32.2. The Kier molecular flexibility index (Phi) is 5.37. The fourth-order valence-electron chi connectivity index (χ4n) is 1.78. The van der Waals surface area contributed by atoms with E-state index in [1.54, 1.807) is 23.1 Å². The van der Waals surface area contributed by atoms with E-state index in [2.05, 4.69) is 46.4 Å². The Morgan fingerprint density at radius 3 is 2.60 bits per heavy atom. The van der Waals surface area contributed by atoms with E-state index >= 15 is 0 Å². The summed E-state index contributed by atoms with van der Waals surface area (Å²) in [6.45, 7) is 9.17. The third-order valence-corrected chi connectivity index (χ3v) is 4.89. The lowest BCUT2D eigenvalue weighted by Crippen LogP contribution is -2.07. The molecule has 0 atom stereocenters. The van der Waals surface area contributed by atoms with Crippen LogP contribution >= 0.6 is 23.1 Å². The molecule has 4 nitrogen and oxygen atoms in total. The zero-order chi connectivity index (χ0) is 14.5. The summed E-state index contributed by atoms with van der Waals surface area (Å²) >= 11 is 3.29. The maximum Gasteiger partial charge on any atom is 0.156 e. The van der Waals surface area contributed by atoms with Crippen molar-refractivity contribution < 1.29 is 0 Å². The van der Waals surface area contributed by atoms with Crippen molar-refractivity contribution in [3.63, 3.8) is 0 Å². The van der Waals surface area contributed by atoms with E-state index in [-0.39, 0.29) is 0 Å². The molecule has 108 valence electrons. The molecule has 1 N–H and O–H groups in total. The standard InChI is InChI=1S/C14H20N4S2/c1-5-7-11-17-12(15-6-2)10(4)13(18-11)20-14-16-9(3)8-19-14/h8H,5-7H2,1-4H3,(H,15,17,18). The number of hydrogen-bond acceptors (Lipinski definition) is 6. The van der Waals surface area contributed by atoms with Gasteiger partial charge in [0.1, 0.15) is 16.7 Å². The molecule has 0 aliphatic carbocycles. The normalized spacial score (nSPS) is 10.8. The van der Waals surface area contributed by atoms with Crippen molar-refractivity contribution in [2.45, 2.75) is 49.9 Å². The number of anilines is 1. The van der Waals surface area contributed by atoms with Gasteiger partial charge in [-0.15, -0.1) is 11.3 Å². The number of nitrogens with zero attached hydrogens (tertiary/aromatic N) is 3. The minimum Gasteiger partial charge on any atom is -0.370 e. The van der Waals surface area contributed by atoms with E-state index in [9.17, 15) is 0 Å². The summed E-state index contributed by atoms with van der Waals surface area (Å²) in [5, 5.41) is 6.40. The van der Waals surface area contributed by atoms with Crippen LogP contribution in [0.5, 0.6) is 0 Å². The molecular formula is C14H20N4S2. The first kappa shape index (κ1) is 15.3. The summed E-state index contributed by atoms with van der Waals surface area (Å²) in [4.78, 5) is 13.8. The van der Waals surface area contributed by atoms with Gasteiger partial charge in [0, 0.05) is 29.6 Å². The van der Waals surface area contributed by atoms with Gasteiger partial charge in [0.15, 0.2) is 4.34 Å². The van der Waals surface area contributed by atoms with Crippen LogP contribution < -0.4 is 5.32 Å². The van der Waals surface area contributed by atoms with Gasteiger partial charge in [0.05, 0.1) is 0 Å². The smallest absolute Gasteiger partial charge is 0.156 e. The second kappa shape index (κ2) is 7.04. The molecule has 2 heterocycles. The van der Waals surface area contributed by atoms with Crippen LogP contribution in [0, 0.1) is 13.8 Å². The summed E-state index contributed by atoms with van der Waals surface area (Å²) in [7, 11) is 0. The van der Waals surface area contributed by atoms with Gasteiger partial charge in [0.25, 0.3) is 0 Å². The number of hydrogen-bond donors (Lipinski definition) is 1. The molecule has 2 rings (SSSR count). The molecule has 0 radical (unpaired) electrons. The van der Waals surface area contributed by atoms with E-state index < -0.39 is 0 Å². The van der Waals surface area contributed by atoms with Crippen LogP contribution in [0.15, 0.2) is 14.7 Å². The average Bonchev–Trinajstić information content (AvgIpc) is 2.81. The lowest BCUT2D eigenvalue weighted by Gasteiger charge is -2.11. The number of nitrogens with one attached hydrogen (secondary N) is 1. The van der Waals surface area contributed by atoms with Crippen LogP contribution in [0.2, 0.25) is 0 Å². The van der Waals surface area contributed by atoms with Crippen molar-refractivity contribution in [3.8, 4) is 0 Å². The quantitative estimate of drug-likeness (QED) is 0.815. The zero-order valence-electron chi connectivity index (χ0n) is 12.4. The van der Waals surface area contributed by atoms with E-state index in [0.29, 0.717) is 0 Å². The molecule has 0 aliphatic heterocycles. The molecule has 0 aliphatic rings. The van der Waals surface area contributed by atoms with Crippen LogP contribution in [-0.2, 0) is 6.42 Å². The van der Waals surface area contributed by atoms with Crippen LogP contribution in [0.25, 0.3) is 0 Å². The topological polar surface area (TPSA) is 50.7 Å². The molecule has 0 fully saturated rings. The Hall–Kier alpha value is -1.14. The van der Waals surface area contributed by atoms with Gasteiger partial charge in [-0.05, 0) is 39.0 Å². The summed E-state index contributed by atoms with van der Waals surface area (Å²) in [5.41, 5.74) is 2.16. The summed E-state index contributed by atoms with van der Waals surface area (Å²) in [5.74, 6) is 1.85. The van der Waals surface area contributed by atoms with Crippen molar-refractivity contribution >= 4 is 28.9 Å². The highest BCUT2D eigenvalue weighted by Crippen LogP contribution is 2.33. The molecule has 0 bridgehead atoms. The van der Waals surface area contributed by atoms with E-state index in [0.717, 1.165) is 51.7 Å². The summed E-state index contributed by atoms with van der Waals surface area (Å²) in [6, 6.07) is 0. The van der Waals surface area contributed by atoms with Crippen LogP contribution in [0.3, 0.4) is 0 Å². The first-order chi connectivity index (χ1) is 9.63. The first-order valence-electron chi connectivity index (χ1n) is 6.85. The Balaban J connectivity index is 2.33. The van der Waals surface area contributed by atoms with E-state index in [1.165, 1.54) is 0 Å². The van der Waals surface area contributed by atoms with Gasteiger partial charge < -0.3 is 5.32 Å². The fraction of sp³-hybridized carbons (Fsp3) is 0.500. The predicted molar refractivity (Wildman–Crippen MR) is 85.9 cm³/mol. The van der Waals surface area contributed by atoms with Gasteiger partial charge in [-0.3, -0.25) is 0 Å². The molecule has 2 aromatic rings. The van der Waals surface area contributed by atoms with Crippen LogP contribution in [0.4, 0.5) is 5.82 Å². The van der Waals surface area contributed by atoms with Gasteiger partial charge in [-0.1, -0.05) is 6.92 Å². The maximum absolute atomic E-state index is 4.69. The highest BCUT2D eigenvalue weighted by molar-refractivity contribution is 8.01. The van der Waals surface area contributed by atoms with Crippen molar-refractivity contribution in [2.24, 2.45) is 0 Å². The highest BCUT2D eigenvalue weighted by Gasteiger charge is 2.13. The van der Waals surface area contributed by atoms with Crippen molar-refractivity contribution in [1.82, 2.24) is 15.0 Å². The number of thiazole rings is 1. The number of aryl methyl sites for hydroxylation is 2. The Morgan fingerprint density at radius 2 is 2.00 bits per heavy atom. The third-order valence-electron chi connectivity index (χ3n) is 2.75. The third kappa shape index (κ3) is 3.70. The molecule has 0 spiro atoms. The lowest BCUT2D eigenvalue weighted by atomic mass is 10.3. The second-order valence-corrected chi connectivity index (χ2v) is 6.65. The van der Waals surface area contributed by atoms with Crippen molar-refractivity contribution in [1.29, 1.82) is 0 Å². The van der Waals surface area contributed by atoms with E-state index in [1.807, 2.05) is 6.92 Å². The fourth-order valence-corrected chi connectivity index (χ4v) is 3.63. The van der Waals surface area contributed by atoms with Crippen molar-refractivity contribution in [2.75, 3.05) is 11.9 Å². The Labute approximate surface area is 128 Å². The molecule has 2 aromatic heterocycles. The van der Waals surface area contributed by atoms with Gasteiger partial charge >= 0.3 is 0 Å². The molecule has 0 amide bonds.